The van der Waals surface area contributed by atoms with Crippen molar-refractivity contribution >= 4 is 0 Å². The topological polar surface area (TPSA) is 30.5 Å². The van der Waals surface area contributed by atoms with Crippen LogP contribution in [-0.2, 0) is 4.74 Å². The van der Waals surface area contributed by atoms with Crippen molar-refractivity contribution in [1.82, 2.24) is 5.32 Å². The van der Waals surface area contributed by atoms with Gasteiger partial charge in [0.15, 0.2) is 0 Å². The van der Waals surface area contributed by atoms with Crippen LogP contribution in [-0.4, -0.2) is 26.4 Å². The molecular formula is C15H22FNO2. The van der Waals surface area contributed by atoms with Gasteiger partial charge in [0, 0.05) is 24.3 Å². The molecule has 0 saturated carbocycles. The maximum absolute atomic E-state index is 13.3. The van der Waals surface area contributed by atoms with Gasteiger partial charge >= 0.3 is 0 Å². The molecule has 2 unspecified atom stereocenters. The highest BCUT2D eigenvalue weighted by Gasteiger charge is 2.17. The molecule has 3 nitrogen and oxygen atoms in total. The second-order valence-electron chi connectivity index (χ2n) is 4.99. The minimum atomic E-state index is -0.272. The highest BCUT2D eigenvalue weighted by Crippen LogP contribution is 2.26. The molecule has 106 valence electrons. The first-order valence-corrected chi connectivity index (χ1v) is 6.92. The van der Waals surface area contributed by atoms with Crippen LogP contribution in [0.5, 0.6) is 5.75 Å². The Kier molecular flexibility index (Phi) is 5.16. The van der Waals surface area contributed by atoms with Crippen molar-refractivity contribution in [3.63, 3.8) is 0 Å². The van der Waals surface area contributed by atoms with E-state index in [2.05, 4.69) is 5.32 Å². The van der Waals surface area contributed by atoms with E-state index in [0.29, 0.717) is 12.4 Å². The Balaban J connectivity index is 2.02. The zero-order valence-corrected chi connectivity index (χ0v) is 11.6. The summed E-state index contributed by atoms with van der Waals surface area (Å²) in [5, 5.41) is 3.15. The minimum absolute atomic E-state index is 0.128. The largest absolute Gasteiger partial charge is 0.490 e. The SMILES string of the molecule is CNC(C)c1ccc(F)cc1OCC1CCCCO1. The standard InChI is InChI=1S/C15H22FNO2/c1-11(17-2)14-7-6-12(16)9-15(14)19-10-13-5-3-4-8-18-13/h6-7,9,11,13,17H,3-5,8,10H2,1-2H3. The van der Waals surface area contributed by atoms with E-state index in [1.807, 2.05) is 14.0 Å². The smallest absolute Gasteiger partial charge is 0.127 e. The van der Waals surface area contributed by atoms with E-state index in [4.69, 9.17) is 9.47 Å². The molecule has 0 amide bonds. The molecule has 0 aromatic heterocycles. The van der Waals surface area contributed by atoms with Gasteiger partial charge in [-0.1, -0.05) is 6.07 Å². The summed E-state index contributed by atoms with van der Waals surface area (Å²) in [4.78, 5) is 0. The van der Waals surface area contributed by atoms with Crippen molar-refractivity contribution in [3.8, 4) is 5.75 Å². The Morgan fingerprint density at radius 3 is 3.00 bits per heavy atom. The van der Waals surface area contributed by atoms with Gasteiger partial charge in [-0.2, -0.15) is 0 Å². The summed E-state index contributed by atoms with van der Waals surface area (Å²) in [5.41, 5.74) is 0.972. The van der Waals surface area contributed by atoms with Crippen molar-refractivity contribution < 1.29 is 13.9 Å². The number of halogens is 1. The third-order valence-corrected chi connectivity index (χ3v) is 3.57. The Labute approximate surface area is 114 Å². The lowest BCUT2D eigenvalue weighted by atomic mass is 10.1. The predicted molar refractivity (Wildman–Crippen MR) is 73.0 cm³/mol. The third kappa shape index (κ3) is 3.91. The van der Waals surface area contributed by atoms with E-state index in [1.165, 1.54) is 18.6 Å². The zero-order chi connectivity index (χ0) is 13.7. The average Bonchev–Trinajstić information content (AvgIpc) is 2.45. The summed E-state index contributed by atoms with van der Waals surface area (Å²) in [6.45, 7) is 3.32. The molecule has 1 aromatic rings. The third-order valence-electron chi connectivity index (χ3n) is 3.57. The first kappa shape index (κ1) is 14.3. The van der Waals surface area contributed by atoms with Gasteiger partial charge in [0.1, 0.15) is 18.2 Å². The molecule has 1 N–H and O–H groups in total. The Hall–Kier alpha value is -1.13. The van der Waals surface area contributed by atoms with Gasteiger partial charge in [-0.3, -0.25) is 0 Å². The lowest BCUT2D eigenvalue weighted by Gasteiger charge is -2.24. The summed E-state index contributed by atoms with van der Waals surface area (Å²) < 4.78 is 24.7. The van der Waals surface area contributed by atoms with Crippen LogP contribution in [0.15, 0.2) is 18.2 Å². The average molecular weight is 267 g/mol. The van der Waals surface area contributed by atoms with Gasteiger partial charge in [-0.05, 0) is 39.3 Å². The molecule has 2 atom stereocenters. The molecule has 1 saturated heterocycles. The van der Waals surface area contributed by atoms with Crippen molar-refractivity contribution in [1.29, 1.82) is 0 Å². The van der Waals surface area contributed by atoms with Gasteiger partial charge in [-0.25, -0.2) is 4.39 Å². The fourth-order valence-electron chi connectivity index (χ4n) is 2.27. The monoisotopic (exact) mass is 267 g/mol. The Bertz CT molecular complexity index is 405. The minimum Gasteiger partial charge on any atom is -0.490 e. The van der Waals surface area contributed by atoms with E-state index in [9.17, 15) is 4.39 Å². The van der Waals surface area contributed by atoms with Crippen LogP contribution < -0.4 is 10.1 Å². The number of benzene rings is 1. The van der Waals surface area contributed by atoms with Crippen molar-refractivity contribution in [2.45, 2.75) is 38.3 Å². The maximum atomic E-state index is 13.3. The molecule has 0 spiro atoms. The predicted octanol–water partition coefficient (Wildman–Crippen LogP) is 3.05. The van der Waals surface area contributed by atoms with Crippen LogP contribution in [0.4, 0.5) is 4.39 Å². The molecular weight excluding hydrogens is 245 g/mol. The molecule has 1 heterocycles. The summed E-state index contributed by atoms with van der Waals surface area (Å²) in [6, 6.07) is 4.81. The molecule has 0 bridgehead atoms. The molecule has 1 aliphatic heterocycles. The Morgan fingerprint density at radius 2 is 2.32 bits per heavy atom. The molecule has 19 heavy (non-hydrogen) atoms. The number of hydrogen-bond acceptors (Lipinski definition) is 3. The molecule has 1 fully saturated rings. The van der Waals surface area contributed by atoms with Gasteiger partial charge in [0.25, 0.3) is 0 Å². The van der Waals surface area contributed by atoms with Gasteiger partial charge in [0.2, 0.25) is 0 Å². The van der Waals surface area contributed by atoms with Crippen LogP contribution in [0.3, 0.4) is 0 Å². The molecule has 2 rings (SSSR count). The van der Waals surface area contributed by atoms with E-state index < -0.39 is 0 Å². The molecule has 0 radical (unpaired) electrons. The first-order chi connectivity index (χ1) is 9.20. The van der Waals surface area contributed by atoms with Gasteiger partial charge in [0.05, 0.1) is 6.10 Å². The second-order valence-corrected chi connectivity index (χ2v) is 4.99. The fraction of sp³-hybridized carbons (Fsp3) is 0.600. The lowest BCUT2D eigenvalue weighted by Crippen LogP contribution is -2.26. The molecule has 4 heteroatoms. The summed E-state index contributed by atoms with van der Waals surface area (Å²) in [5.74, 6) is 0.336. The zero-order valence-electron chi connectivity index (χ0n) is 11.6. The lowest BCUT2D eigenvalue weighted by molar-refractivity contribution is -0.0113. The van der Waals surface area contributed by atoms with E-state index in [-0.39, 0.29) is 18.0 Å². The first-order valence-electron chi connectivity index (χ1n) is 6.92. The second kappa shape index (κ2) is 6.87. The van der Waals surface area contributed by atoms with E-state index in [0.717, 1.165) is 25.0 Å². The summed E-state index contributed by atoms with van der Waals surface area (Å²) in [7, 11) is 1.88. The molecule has 1 aromatic carbocycles. The van der Waals surface area contributed by atoms with Crippen LogP contribution in [0.2, 0.25) is 0 Å². The number of nitrogens with one attached hydrogen (secondary N) is 1. The number of rotatable bonds is 5. The number of ether oxygens (including phenoxy) is 2. The normalized spacial score (nSPS) is 21.1. The Morgan fingerprint density at radius 1 is 1.47 bits per heavy atom. The van der Waals surface area contributed by atoms with Crippen LogP contribution in [0.1, 0.15) is 37.8 Å². The van der Waals surface area contributed by atoms with Gasteiger partial charge < -0.3 is 14.8 Å². The highest BCUT2D eigenvalue weighted by molar-refractivity contribution is 5.36. The van der Waals surface area contributed by atoms with E-state index in [1.54, 1.807) is 6.07 Å². The van der Waals surface area contributed by atoms with Crippen LogP contribution in [0.25, 0.3) is 0 Å². The molecule has 0 aliphatic carbocycles. The van der Waals surface area contributed by atoms with E-state index >= 15 is 0 Å². The van der Waals surface area contributed by atoms with Crippen molar-refractivity contribution in [2.75, 3.05) is 20.3 Å². The van der Waals surface area contributed by atoms with Crippen molar-refractivity contribution in [3.05, 3.63) is 29.6 Å². The van der Waals surface area contributed by atoms with Crippen molar-refractivity contribution in [2.24, 2.45) is 0 Å². The quantitative estimate of drug-likeness (QED) is 0.889. The maximum Gasteiger partial charge on any atom is 0.127 e. The molecule has 1 aliphatic rings. The van der Waals surface area contributed by atoms with Crippen LogP contribution in [0, 0.1) is 5.82 Å². The van der Waals surface area contributed by atoms with Crippen LogP contribution >= 0.6 is 0 Å². The highest BCUT2D eigenvalue weighted by atomic mass is 19.1. The van der Waals surface area contributed by atoms with Gasteiger partial charge in [-0.15, -0.1) is 0 Å². The summed E-state index contributed by atoms with van der Waals surface area (Å²) >= 11 is 0. The fourth-order valence-corrected chi connectivity index (χ4v) is 2.27. The summed E-state index contributed by atoms with van der Waals surface area (Å²) in [6.07, 6.45) is 3.46. The number of hydrogen-bond donors (Lipinski definition) is 1.